The van der Waals surface area contributed by atoms with Crippen LogP contribution in [0.5, 0.6) is 5.75 Å². The molecule has 0 bridgehead atoms. The molecule has 0 atom stereocenters. The molecule has 0 amide bonds. The SMILES string of the molecule is CC1CCC(C2CCC(C(=O)OC3CCC(c4ccc(O)cc4)CC3)CC2)CC1. The maximum atomic E-state index is 12.7. The van der Waals surface area contributed by atoms with Crippen LogP contribution in [-0.2, 0) is 9.53 Å². The van der Waals surface area contributed by atoms with Gasteiger partial charge < -0.3 is 9.84 Å². The number of carbonyl (C=O) groups excluding carboxylic acids is 1. The van der Waals surface area contributed by atoms with Gasteiger partial charge >= 0.3 is 5.97 Å². The molecule has 0 aliphatic heterocycles. The highest BCUT2D eigenvalue weighted by Gasteiger charge is 2.34. The van der Waals surface area contributed by atoms with Crippen LogP contribution in [0.3, 0.4) is 0 Å². The summed E-state index contributed by atoms with van der Waals surface area (Å²) in [5, 5.41) is 9.46. The van der Waals surface area contributed by atoms with Crippen LogP contribution in [0.4, 0.5) is 0 Å². The molecule has 3 saturated carbocycles. The summed E-state index contributed by atoms with van der Waals surface area (Å²) in [6.07, 6.45) is 14.3. The van der Waals surface area contributed by atoms with Crippen molar-refractivity contribution in [2.24, 2.45) is 23.7 Å². The van der Waals surface area contributed by atoms with E-state index in [2.05, 4.69) is 6.92 Å². The van der Waals surface area contributed by atoms with Crippen molar-refractivity contribution in [2.45, 2.75) is 96.0 Å². The van der Waals surface area contributed by atoms with Crippen LogP contribution in [-0.4, -0.2) is 17.2 Å². The van der Waals surface area contributed by atoms with Crippen LogP contribution in [0, 0.1) is 23.7 Å². The Labute approximate surface area is 176 Å². The van der Waals surface area contributed by atoms with Gasteiger partial charge in [0.15, 0.2) is 0 Å². The lowest BCUT2D eigenvalue weighted by Crippen LogP contribution is -2.31. The summed E-state index contributed by atoms with van der Waals surface area (Å²) >= 11 is 0. The van der Waals surface area contributed by atoms with Crippen LogP contribution in [0.15, 0.2) is 24.3 Å². The fraction of sp³-hybridized carbons (Fsp3) is 0.731. The Bertz CT molecular complexity index is 643. The van der Waals surface area contributed by atoms with Gasteiger partial charge in [-0.3, -0.25) is 4.79 Å². The largest absolute Gasteiger partial charge is 0.508 e. The maximum Gasteiger partial charge on any atom is 0.309 e. The molecule has 4 rings (SSSR count). The molecule has 0 heterocycles. The van der Waals surface area contributed by atoms with Crippen molar-refractivity contribution in [3.05, 3.63) is 29.8 Å². The monoisotopic (exact) mass is 398 g/mol. The zero-order valence-corrected chi connectivity index (χ0v) is 18.0. The Morgan fingerprint density at radius 3 is 1.93 bits per heavy atom. The zero-order valence-electron chi connectivity index (χ0n) is 18.0. The second kappa shape index (κ2) is 9.53. The minimum absolute atomic E-state index is 0.0776. The maximum absolute atomic E-state index is 12.7. The number of phenolic OH excluding ortho intramolecular Hbond substituents is 1. The van der Waals surface area contributed by atoms with E-state index in [1.165, 1.54) is 44.1 Å². The topological polar surface area (TPSA) is 46.5 Å². The molecule has 1 aromatic rings. The summed E-state index contributed by atoms with van der Waals surface area (Å²) in [6, 6.07) is 7.59. The molecule has 3 nitrogen and oxygen atoms in total. The molecule has 1 N–H and O–H groups in total. The van der Waals surface area contributed by atoms with Gasteiger partial charge in [-0.2, -0.15) is 0 Å². The number of esters is 1. The minimum atomic E-state index is 0.0776. The summed E-state index contributed by atoms with van der Waals surface area (Å²) in [6.45, 7) is 2.39. The van der Waals surface area contributed by atoms with Crippen molar-refractivity contribution in [1.82, 2.24) is 0 Å². The summed E-state index contributed by atoms with van der Waals surface area (Å²) in [4.78, 5) is 12.7. The number of hydrogen-bond donors (Lipinski definition) is 1. The summed E-state index contributed by atoms with van der Waals surface area (Å²) in [5.41, 5.74) is 1.29. The number of ether oxygens (including phenoxy) is 1. The fourth-order valence-electron chi connectivity index (χ4n) is 6.10. The first-order valence-electron chi connectivity index (χ1n) is 12.1. The molecule has 3 fully saturated rings. The molecule has 3 heteroatoms. The highest BCUT2D eigenvalue weighted by atomic mass is 16.5. The highest BCUT2D eigenvalue weighted by molar-refractivity contribution is 5.72. The molecule has 160 valence electrons. The number of aromatic hydroxyl groups is 1. The quantitative estimate of drug-likeness (QED) is 0.582. The van der Waals surface area contributed by atoms with Crippen LogP contribution in [0.25, 0.3) is 0 Å². The number of hydrogen-bond acceptors (Lipinski definition) is 3. The second-order valence-corrected chi connectivity index (χ2v) is 10.1. The van der Waals surface area contributed by atoms with Gasteiger partial charge in [-0.05, 0) is 106 Å². The summed E-state index contributed by atoms with van der Waals surface area (Å²) < 4.78 is 5.95. The van der Waals surface area contributed by atoms with E-state index >= 15 is 0 Å². The van der Waals surface area contributed by atoms with E-state index < -0.39 is 0 Å². The molecule has 1 aromatic carbocycles. The van der Waals surface area contributed by atoms with Crippen molar-refractivity contribution in [1.29, 1.82) is 0 Å². The van der Waals surface area contributed by atoms with E-state index in [0.717, 1.165) is 56.3 Å². The fourth-order valence-corrected chi connectivity index (χ4v) is 6.10. The second-order valence-electron chi connectivity index (χ2n) is 10.1. The molecule has 3 aliphatic rings. The molecule has 29 heavy (non-hydrogen) atoms. The molecule has 0 spiro atoms. The molecular formula is C26H38O3. The third-order valence-corrected chi connectivity index (χ3v) is 8.15. The van der Waals surface area contributed by atoms with E-state index in [9.17, 15) is 9.90 Å². The third kappa shape index (κ3) is 5.35. The normalized spacial score (nSPS) is 35.8. The van der Waals surface area contributed by atoms with Gasteiger partial charge in [0.1, 0.15) is 11.9 Å². The van der Waals surface area contributed by atoms with Gasteiger partial charge in [-0.25, -0.2) is 0 Å². The Kier molecular flexibility index (Phi) is 6.82. The van der Waals surface area contributed by atoms with Gasteiger partial charge in [0, 0.05) is 0 Å². The summed E-state index contributed by atoms with van der Waals surface area (Å²) in [7, 11) is 0. The standard InChI is InChI=1S/C26H38O3/c1-18-2-4-19(5-3-18)20-6-8-23(9-7-20)26(28)29-25-16-12-22(13-17-25)21-10-14-24(27)15-11-21/h10-11,14-15,18-20,22-23,25,27H,2-9,12-13,16-17H2,1H3. The molecule has 3 aliphatic carbocycles. The Balaban J connectivity index is 1.18. The first-order valence-corrected chi connectivity index (χ1v) is 12.1. The van der Waals surface area contributed by atoms with Crippen molar-refractivity contribution < 1.29 is 14.6 Å². The number of benzene rings is 1. The number of carbonyl (C=O) groups is 1. The van der Waals surface area contributed by atoms with Gasteiger partial charge in [0.05, 0.1) is 5.92 Å². The van der Waals surface area contributed by atoms with Crippen molar-refractivity contribution in [2.75, 3.05) is 0 Å². The molecular weight excluding hydrogens is 360 g/mol. The molecule has 0 saturated heterocycles. The van der Waals surface area contributed by atoms with Gasteiger partial charge in [-0.15, -0.1) is 0 Å². The van der Waals surface area contributed by atoms with Crippen LogP contribution < -0.4 is 0 Å². The summed E-state index contributed by atoms with van der Waals surface area (Å²) in [5.74, 6) is 3.76. The lowest BCUT2D eigenvalue weighted by molar-refractivity contribution is -0.157. The van der Waals surface area contributed by atoms with Crippen LogP contribution in [0.1, 0.15) is 95.5 Å². The highest BCUT2D eigenvalue weighted by Crippen LogP contribution is 2.42. The average molecular weight is 399 g/mol. The first kappa shape index (κ1) is 20.8. The average Bonchev–Trinajstić information content (AvgIpc) is 2.76. The van der Waals surface area contributed by atoms with Crippen molar-refractivity contribution in [3.8, 4) is 5.75 Å². The predicted octanol–water partition coefficient (Wildman–Crippen LogP) is 6.59. The van der Waals surface area contributed by atoms with Gasteiger partial charge in [0.25, 0.3) is 0 Å². The Hall–Kier alpha value is -1.51. The predicted molar refractivity (Wildman–Crippen MR) is 116 cm³/mol. The van der Waals surface area contributed by atoms with Crippen molar-refractivity contribution >= 4 is 5.97 Å². The number of rotatable bonds is 4. The smallest absolute Gasteiger partial charge is 0.309 e. The lowest BCUT2D eigenvalue weighted by atomic mass is 9.69. The third-order valence-electron chi connectivity index (χ3n) is 8.15. The van der Waals surface area contributed by atoms with Gasteiger partial charge in [-0.1, -0.05) is 31.9 Å². The van der Waals surface area contributed by atoms with E-state index in [-0.39, 0.29) is 18.0 Å². The lowest BCUT2D eigenvalue weighted by Gasteiger charge is -2.37. The van der Waals surface area contributed by atoms with E-state index in [0.29, 0.717) is 11.7 Å². The molecule has 0 radical (unpaired) electrons. The molecule has 0 unspecified atom stereocenters. The Morgan fingerprint density at radius 2 is 1.34 bits per heavy atom. The number of phenols is 1. The Morgan fingerprint density at radius 1 is 0.793 bits per heavy atom. The van der Waals surface area contributed by atoms with Crippen LogP contribution >= 0.6 is 0 Å². The van der Waals surface area contributed by atoms with Gasteiger partial charge in [0.2, 0.25) is 0 Å². The van der Waals surface area contributed by atoms with E-state index in [4.69, 9.17) is 4.74 Å². The zero-order chi connectivity index (χ0) is 20.2. The van der Waals surface area contributed by atoms with E-state index in [1.54, 1.807) is 12.1 Å². The minimum Gasteiger partial charge on any atom is -0.508 e. The van der Waals surface area contributed by atoms with E-state index in [1.807, 2.05) is 12.1 Å². The molecule has 0 aromatic heterocycles. The van der Waals surface area contributed by atoms with Crippen LogP contribution in [0.2, 0.25) is 0 Å². The van der Waals surface area contributed by atoms with Crippen molar-refractivity contribution in [3.63, 3.8) is 0 Å². The first-order chi connectivity index (χ1) is 14.1.